The number of rotatable bonds is 5. The molecule has 1 heterocycles. The summed E-state index contributed by atoms with van der Waals surface area (Å²) in [7, 11) is 0. The van der Waals surface area contributed by atoms with Crippen molar-refractivity contribution in [2.45, 2.75) is 26.2 Å². The average molecular weight is 322 g/mol. The summed E-state index contributed by atoms with van der Waals surface area (Å²) in [5.74, 6) is -1.40. The smallest absolute Gasteiger partial charge is 0.182 e. The molecule has 1 aromatic heterocycles. The molecule has 2 nitrogen and oxygen atoms in total. The first kappa shape index (κ1) is 15.0. The molecule has 0 aliphatic rings. The van der Waals surface area contributed by atoms with Crippen molar-refractivity contribution in [3.63, 3.8) is 0 Å². The van der Waals surface area contributed by atoms with E-state index in [9.17, 15) is 13.9 Å². The summed E-state index contributed by atoms with van der Waals surface area (Å²) in [6.45, 7) is 2.56. The molecule has 116 valence electrons. The van der Waals surface area contributed by atoms with Gasteiger partial charge in [0.2, 0.25) is 0 Å². The van der Waals surface area contributed by atoms with Crippen LogP contribution in [-0.2, 0) is 0 Å². The Morgan fingerprint density at radius 2 is 1.68 bits per heavy atom. The number of hydrogen-bond acceptors (Lipinski definition) is 3. The van der Waals surface area contributed by atoms with Gasteiger partial charge in [-0.2, -0.15) is 0 Å². The lowest BCUT2D eigenvalue weighted by atomic mass is 10.1. The normalized spacial score (nSPS) is 11.4. The SMILES string of the molecule is CCCCCOc1ccc2c(sc3c(F)c(O)ccc32)c1F. The molecule has 22 heavy (non-hydrogen) atoms. The van der Waals surface area contributed by atoms with E-state index in [4.69, 9.17) is 4.74 Å². The number of hydrogen-bond donors (Lipinski definition) is 1. The summed E-state index contributed by atoms with van der Waals surface area (Å²) < 4.78 is 34.6. The van der Waals surface area contributed by atoms with Gasteiger partial charge in [0.05, 0.1) is 16.0 Å². The Labute approximate surface area is 130 Å². The second-order valence-corrected chi connectivity index (χ2v) is 6.21. The molecule has 0 fully saturated rings. The zero-order valence-corrected chi connectivity index (χ0v) is 13.0. The summed E-state index contributed by atoms with van der Waals surface area (Å²) in [6, 6.07) is 6.22. The van der Waals surface area contributed by atoms with E-state index in [1.807, 2.05) is 0 Å². The van der Waals surface area contributed by atoms with Crippen LogP contribution in [0, 0.1) is 11.6 Å². The van der Waals surface area contributed by atoms with Crippen LogP contribution in [0.2, 0.25) is 0 Å². The molecule has 5 heteroatoms. The van der Waals surface area contributed by atoms with Crippen molar-refractivity contribution in [1.29, 1.82) is 0 Å². The predicted molar refractivity (Wildman–Crippen MR) is 85.9 cm³/mol. The number of ether oxygens (including phenoxy) is 1. The first-order valence-corrected chi connectivity index (χ1v) is 8.10. The Morgan fingerprint density at radius 3 is 2.41 bits per heavy atom. The minimum absolute atomic E-state index is 0.194. The first-order valence-electron chi connectivity index (χ1n) is 7.28. The predicted octanol–water partition coefficient (Wildman–Crippen LogP) is 5.61. The van der Waals surface area contributed by atoms with Crippen LogP contribution >= 0.6 is 11.3 Å². The van der Waals surface area contributed by atoms with Crippen LogP contribution in [0.4, 0.5) is 8.78 Å². The molecule has 3 rings (SSSR count). The number of thiophene rings is 1. The third-order valence-corrected chi connectivity index (χ3v) is 4.84. The molecule has 0 spiro atoms. The van der Waals surface area contributed by atoms with Crippen LogP contribution in [0.3, 0.4) is 0 Å². The van der Waals surface area contributed by atoms with E-state index in [-0.39, 0.29) is 10.4 Å². The van der Waals surface area contributed by atoms with Crippen LogP contribution in [0.1, 0.15) is 26.2 Å². The average Bonchev–Trinajstić information content (AvgIpc) is 2.90. The lowest BCUT2D eigenvalue weighted by Gasteiger charge is -2.07. The maximum atomic E-state index is 14.5. The van der Waals surface area contributed by atoms with Crippen LogP contribution in [0.25, 0.3) is 20.2 Å². The van der Waals surface area contributed by atoms with E-state index >= 15 is 0 Å². The van der Waals surface area contributed by atoms with Gasteiger partial charge in [-0.15, -0.1) is 11.3 Å². The highest BCUT2D eigenvalue weighted by Gasteiger charge is 2.17. The molecule has 2 aromatic carbocycles. The number of aromatic hydroxyl groups is 1. The van der Waals surface area contributed by atoms with Gasteiger partial charge in [-0.3, -0.25) is 0 Å². The van der Waals surface area contributed by atoms with E-state index < -0.39 is 17.4 Å². The molecule has 0 atom stereocenters. The zero-order chi connectivity index (χ0) is 15.7. The lowest BCUT2D eigenvalue weighted by Crippen LogP contribution is -1.98. The third kappa shape index (κ3) is 2.50. The van der Waals surface area contributed by atoms with Crippen molar-refractivity contribution in [3.05, 3.63) is 35.9 Å². The molecule has 0 radical (unpaired) electrons. The highest BCUT2D eigenvalue weighted by atomic mass is 32.1. The van der Waals surface area contributed by atoms with Gasteiger partial charge in [-0.25, -0.2) is 8.78 Å². The van der Waals surface area contributed by atoms with Crippen molar-refractivity contribution >= 4 is 31.5 Å². The Balaban J connectivity index is 2.03. The number of phenolic OH excluding ortho intramolecular Hbond substituents is 1. The minimum Gasteiger partial charge on any atom is -0.505 e. The van der Waals surface area contributed by atoms with Crippen molar-refractivity contribution in [1.82, 2.24) is 0 Å². The fourth-order valence-corrected chi connectivity index (χ4v) is 3.62. The lowest BCUT2D eigenvalue weighted by molar-refractivity contribution is 0.293. The summed E-state index contributed by atoms with van der Waals surface area (Å²) in [5, 5.41) is 10.7. The maximum absolute atomic E-state index is 14.5. The molecule has 0 saturated carbocycles. The topological polar surface area (TPSA) is 29.5 Å². The van der Waals surface area contributed by atoms with Gasteiger partial charge >= 0.3 is 0 Å². The number of fused-ring (bicyclic) bond motifs is 3. The van der Waals surface area contributed by atoms with Crippen LogP contribution in [0.5, 0.6) is 11.5 Å². The number of unbranched alkanes of at least 4 members (excludes halogenated alkanes) is 2. The Bertz CT molecular complexity index is 826. The molecule has 0 saturated heterocycles. The van der Waals surface area contributed by atoms with Crippen LogP contribution in [0.15, 0.2) is 24.3 Å². The van der Waals surface area contributed by atoms with E-state index in [0.717, 1.165) is 30.6 Å². The minimum atomic E-state index is -0.705. The summed E-state index contributed by atoms with van der Waals surface area (Å²) >= 11 is 0.997. The molecule has 0 unspecified atom stereocenters. The third-order valence-electron chi connectivity index (χ3n) is 3.64. The molecule has 3 aromatic rings. The van der Waals surface area contributed by atoms with Gasteiger partial charge in [0.25, 0.3) is 0 Å². The Hall–Kier alpha value is -1.88. The van der Waals surface area contributed by atoms with Crippen molar-refractivity contribution in [3.8, 4) is 11.5 Å². The van der Waals surface area contributed by atoms with Crippen molar-refractivity contribution in [2.24, 2.45) is 0 Å². The van der Waals surface area contributed by atoms with E-state index in [2.05, 4.69) is 6.92 Å². The van der Waals surface area contributed by atoms with Gasteiger partial charge in [0.15, 0.2) is 23.1 Å². The molecule has 0 bridgehead atoms. The zero-order valence-electron chi connectivity index (χ0n) is 12.2. The van der Waals surface area contributed by atoms with Gasteiger partial charge < -0.3 is 9.84 Å². The van der Waals surface area contributed by atoms with Crippen LogP contribution in [-0.4, -0.2) is 11.7 Å². The highest BCUT2D eigenvalue weighted by Crippen LogP contribution is 2.41. The van der Waals surface area contributed by atoms with E-state index in [1.165, 1.54) is 6.07 Å². The molecule has 0 aliphatic heterocycles. The van der Waals surface area contributed by atoms with E-state index in [0.29, 0.717) is 22.1 Å². The van der Waals surface area contributed by atoms with Gasteiger partial charge in [-0.1, -0.05) is 19.8 Å². The summed E-state index contributed by atoms with van der Waals surface area (Å²) in [6.07, 6.45) is 2.99. The molecule has 0 aliphatic carbocycles. The van der Waals surface area contributed by atoms with Gasteiger partial charge in [0.1, 0.15) is 0 Å². The van der Waals surface area contributed by atoms with E-state index in [1.54, 1.807) is 18.2 Å². The second kappa shape index (κ2) is 6.08. The van der Waals surface area contributed by atoms with Gasteiger partial charge in [-0.05, 0) is 30.7 Å². The van der Waals surface area contributed by atoms with Crippen LogP contribution < -0.4 is 4.74 Å². The number of benzene rings is 2. The second-order valence-electron chi connectivity index (χ2n) is 5.19. The molecular formula is C17H16F2O2S. The number of phenols is 1. The Kier molecular flexibility index (Phi) is 4.16. The summed E-state index contributed by atoms with van der Waals surface area (Å²) in [4.78, 5) is 0. The molecule has 0 amide bonds. The van der Waals surface area contributed by atoms with Crippen molar-refractivity contribution < 1.29 is 18.6 Å². The van der Waals surface area contributed by atoms with Gasteiger partial charge in [0, 0.05) is 10.8 Å². The fraction of sp³-hybridized carbons (Fsp3) is 0.294. The highest BCUT2D eigenvalue weighted by molar-refractivity contribution is 7.25. The summed E-state index contributed by atoms with van der Waals surface area (Å²) in [5.41, 5.74) is 0. The van der Waals surface area contributed by atoms with Crippen molar-refractivity contribution in [2.75, 3.05) is 6.61 Å². The Morgan fingerprint density at radius 1 is 1.00 bits per heavy atom. The molecular weight excluding hydrogens is 306 g/mol. The standard InChI is InChI=1S/C17H16F2O2S/c1-2-3-4-9-21-13-8-6-11-10-5-7-12(20)14(18)16(10)22-17(11)15(13)19/h5-8,20H,2-4,9H2,1H3. The maximum Gasteiger partial charge on any atom is 0.182 e. The fourth-order valence-electron chi connectivity index (χ4n) is 2.46. The number of halogens is 2. The largest absolute Gasteiger partial charge is 0.505 e. The molecule has 1 N–H and O–H groups in total. The first-order chi connectivity index (χ1) is 10.6. The monoisotopic (exact) mass is 322 g/mol. The quantitative estimate of drug-likeness (QED) is 0.619.